The Bertz CT molecular complexity index is 1020. The normalized spacial score (nSPS) is 10.6. The molecule has 0 saturated carbocycles. The number of esters is 1. The molecule has 0 aliphatic rings. The van der Waals surface area contributed by atoms with Crippen molar-refractivity contribution in [3.8, 4) is 0 Å². The highest BCUT2D eigenvalue weighted by atomic mass is 16.5. The van der Waals surface area contributed by atoms with E-state index in [2.05, 4.69) is 15.6 Å². The van der Waals surface area contributed by atoms with Crippen LogP contribution >= 0.6 is 0 Å². The molecule has 9 heteroatoms. The summed E-state index contributed by atoms with van der Waals surface area (Å²) >= 11 is 0. The van der Waals surface area contributed by atoms with Gasteiger partial charge in [0.15, 0.2) is 18.1 Å². The molecule has 1 aromatic carbocycles. The van der Waals surface area contributed by atoms with Crippen molar-refractivity contribution in [2.24, 2.45) is 7.05 Å². The zero-order valence-corrected chi connectivity index (χ0v) is 13.5. The van der Waals surface area contributed by atoms with E-state index >= 15 is 0 Å². The van der Waals surface area contributed by atoms with Gasteiger partial charge in [-0.1, -0.05) is 23.4 Å². The van der Waals surface area contributed by atoms with E-state index in [1.807, 2.05) is 0 Å². The molecule has 25 heavy (non-hydrogen) atoms. The third-order valence-corrected chi connectivity index (χ3v) is 3.38. The maximum Gasteiger partial charge on any atom is 0.359 e. The molecule has 128 valence electrons. The third kappa shape index (κ3) is 3.39. The molecule has 0 aliphatic heterocycles. The number of benzene rings is 1. The van der Waals surface area contributed by atoms with Crippen LogP contribution in [-0.2, 0) is 16.6 Å². The summed E-state index contributed by atoms with van der Waals surface area (Å²) in [5.74, 6) is -0.619. The first-order valence-corrected chi connectivity index (χ1v) is 7.32. The van der Waals surface area contributed by atoms with E-state index in [0.717, 1.165) is 4.68 Å². The third-order valence-electron chi connectivity index (χ3n) is 3.38. The number of aromatic nitrogens is 3. The average Bonchev–Trinajstić information content (AvgIpc) is 3.00. The van der Waals surface area contributed by atoms with Crippen LogP contribution in [0.5, 0.6) is 0 Å². The van der Waals surface area contributed by atoms with Crippen LogP contribution in [0.4, 0.5) is 5.82 Å². The first-order valence-electron chi connectivity index (χ1n) is 7.32. The van der Waals surface area contributed by atoms with Crippen LogP contribution in [-0.4, -0.2) is 33.4 Å². The topological polar surface area (TPSA) is 116 Å². The lowest BCUT2D eigenvalue weighted by Gasteiger charge is -2.08. The summed E-state index contributed by atoms with van der Waals surface area (Å²) in [6, 6.07) is 8.09. The molecule has 0 spiro atoms. The minimum absolute atomic E-state index is 0.0391. The van der Waals surface area contributed by atoms with Gasteiger partial charge in [0.1, 0.15) is 5.76 Å². The minimum atomic E-state index is -0.807. The number of aryl methyl sites for hydroxylation is 2. The van der Waals surface area contributed by atoms with Gasteiger partial charge in [-0.15, -0.1) is 0 Å². The highest BCUT2D eigenvalue weighted by Gasteiger charge is 2.18. The highest BCUT2D eigenvalue weighted by molar-refractivity contribution is 6.03. The molecule has 0 aliphatic carbocycles. The van der Waals surface area contributed by atoms with Crippen LogP contribution in [0.3, 0.4) is 0 Å². The van der Waals surface area contributed by atoms with E-state index in [1.54, 1.807) is 31.2 Å². The summed E-state index contributed by atoms with van der Waals surface area (Å²) < 4.78 is 10.9. The van der Waals surface area contributed by atoms with Crippen LogP contribution in [0.1, 0.15) is 16.2 Å². The smallest absolute Gasteiger partial charge is 0.359 e. The molecule has 0 fully saturated rings. The van der Waals surface area contributed by atoms with Crippen LogP contribution in [0, 0.1) is 6.92 Å². The molecule has 3 aromatic rings. The van der Waals surface area contributed by atoms with Gasteiger partial charge in [-0.3, -0.25) is 9.59 Å². The van der Waals surface area contributed by atoms with Crippen molar-refractivity contribution >= 4 is 28.5 Å². The average molecular weight is 342 g/mol. The van der Waals surface area contributed by atoms with Gasteiger partial charge in [-0.2, -0.15) is 5.10 Å². The summed E-state index contributed by atoms with van der Waals surface area (Å²) in [6.45, 7) is 1.16. The number of carbonyl (C=O) groups excluding carboxylic acids is 2. The fourth-order valence-electron chi connectivity index (χ4n) is 2.25. The zero-order chi connectivity index (χ0) is 18.0. The Labute approximate surface area is 141 Å². The predicted octanol–water partition coefficient (Wildman–Crippen LogP) is 1.03. The Hall–Kier alpha value is -3.49. The monoisotopic (exact) mass is 342 g/mol. The van der Waals surface area contributed by atoms with Crippen LogP contribution in [0.15, 0.2) is 39.6 Å². The van der Waals surface area contributed by atoms with Gasteiger partial charge < -0.3 is 14.6 Å². The van der Waals surface area contributed by atoms with Crippen molar-refractivity contribution in [3.63, 3.8) is 0 Å². The van der Waals surface area contributed by atoms with E-state index in [-0.39, 0.29) is 17.1 Å². The van der Waals surface area contributed by atoms with Gasteiger partial charge in [0.2, 0.25) is 0 Å². The maximum atomic E-state index is 12.3. The predicted molar refractivity (Wildman–Crippen MR) is 87.1 cm³/mol. The summed E-state index contributed by atoms with van der Waals surface area (Å²) in [5.41, 5.74) is -0.367. The fraction of sp³-hybridized carbons (Fsp3) is 0.188. The molecule has 2 heterocycles. The molecule has 2 aromatic heterocycles. The van der Waals surface area contributed by atoms with Gasteiger partial charge >= 0.3 is 5.97 Å². The fourth-order valence-corrected chi connectivity index (χ4v) is 2.25. The lowest BCUT2D eigenvalue weighted by molar-refractivity contribution is -0.119. The second-order valence-electron chi connectivity index (χ2n) is 5.27. The number of fused-ring (bicyclic) bond motifs is 1. The van der Waals surface area contributed by atoms with E-state index < -0.39 is 18.5 Å². The standard InChI is InChI=1S/C16H14N4O5/c1-9-7-12(19-25-9)17-13(21)8-24-16(23)14-10-5-3-4-6-11(10)15(22)20(2)18-14/h3-7H,8H2,1-2H3,(H,17,19,21). The number of hydrogen-bond acceptors (Lipinski definition) is 7. The Morgan fingerprint density at radius 1 is 1.28 bits per heavy atom. The minimum Gasteiger partial charge on any atom is -0.451 e. The van der Waals surface area contributed by atoms with Crippen molar-refractivity contribution in [2.75, 3.05) is 11.9 Å². The molecule has 1 amide bonds. The number of ether oxygens (including phenoxy) is 1. The van der Waals surface area contributed by atoms with E-state index in [1.165, 1.54) is 13.1 Å². The number of hydrogen-bond donors (Lipinski definition) is 1. The molecular weight excluding hydrogens is 328 g/mol. The first kappa shape index (κ1) is 16.4. The number of amides is 1. The number of nitrogens with one attached hydrogen (secondary N) is 1. The Balaban J connectivity index is 1.75. The second kappa shape index (κ2) is 6.56. The Kier molecular flexibility index (Phi) is 4.29. The molecule has 0 radical (unpaired) electrons. The van der Waals surface area contributed by atoms with Crippen LogP contribution in [0.25, 0.3) is 10.8 Å². The van der Waals surface area contributed by atoms with Crippen molar-refractivity contribution < 1.29 is 18.8 Å². The number of nitrogens with zero attached hydrogens (tertiary/aromatic N) is 3. The molecule has 0 unspecified atom stereocenters. The van der Waals surface area contributed by atoms with E-state index in [9.17, 15) is 14.4 Å². The number of carbonyl (C=O) groups is 2. The Morgan fingerprint density at radius 2 is 2.00 bits per heavy atom. The number of rotatable bonds is 4. The second-order valence-corrected chi connectivity index (χ2v) is 5.27. The van der Waals surface area contributed by atoms with Crippen molar-refractivity contribution in [2.45, 2.75) is 6.92 Å². The lowest BCUT2D eigenvalue weighted by Crippen LogP contribution is -2.26. The van der Waals surface area contributed by atoms with Crippen molar-refractivity contribution in [1.29, 1.82) is 0 Å². The Morgan fingerprint density at radius 3 is 2.68 bits per heavy atom. The van der Waals surface area contributed by atoms with E-state index in [4.69, 9.17) is 9.26 Å². The summed E-state index contributed by atoms with van der Waals surface area (Å²) in [5, 5.41) is 10.7. The molecule has 9 nitrogen and oxygen atoms in total. The summed E-state index contributed by atoms with van der Waals surface area (Å²) in [6.07, 6.45) is 0. The van der Waals surface area contributed by atoms with Crippen molar-refractivity contribution in [1.82, 2.24) is 14.9 Å². The summed E-state index contributed by atoms with van der Waals surface area (Å²) in [4.78, 5) is 36.1. The molecule has 0 saturated heterocycles. The largest absolute Gasteiger partial charge is 0.451 e. The van der Waals surface area contributed by atoms with Gasteiger partial charge in [0.25, 0.3) is 11.5 Å². The first-order chi connectivity index (χ1) is 12.0. The van der Waals surface area contributed by atoms with Gasteiger partial charge in [0.05, 0.1) is 5.39 Å². The lowest BCUT2D eigenvalue weighted by atomic mass is 10.1. The molecule has 0 bridgehead atoms. The zero-order valence-electron chi connectivity index (χ0n) is 13.5. The SMILES string of the molecule is Cc1cc(NC(=O)COC(=O)c2nn(C)c(=O)c3ccccc23)no1. The quantitative estimate of drug-likeness (QED) is 0.704. The number of anilines is 1. The highest BCUT2D eigenvalue weighted by Crippen LogP contribution is 2.14. The van der Waals surface area contributed by atoms with Gasteiger partial charge in [-0.05, 0) is 13.0 Å². The van der Waals surface area contributed by atoms with Crippen molar-refractivity contribution in [3.05, 3.63) is 52.1 Å². The van der Waals surface area contributed by atoms with Gasteiger partial charge in [-0.25, -0.2) is 9.48 Å². The molecule has 1 N–H and O–H groups in total. The summed E-state index contributed by atoms with van der Waals surface area (Å²) in [7, 11) is 1.44. The van der Waals surface area contributed by atoms with E-state index in [0.29, 0.717) is 16.5 Å². The molecule has 0 atom stereocenters. The van der Waals surface area contributed by atoms with Gasteiger partial charge in [0, 0.05) is 18.5 Å². The van der Waals surface area contributed by atoms with Crippen LogP contribution in [0.2, 0.25) is 0 Å². The maximum absolute atomic E-state index is 12.3. The molecule has 3 rings (SSSR count). The van der Waals surface area contributed by atoms with Crippen LogP contribution < -0.4 is 10.9 Å². The molecular formula is C16H14N4O5.